The summed E-state index contributed by atoms with van der Waals surface area (Å²) in [7, 11) is 0. The number of hydrogen-bond donors (Lipinski definition) is 2. The maximum Gasteiger partial charge on any atom is 0.416 e. The Balaban J connectivity index is 1.74. The highest BCUT2D eigenvalue weighted by Gasteiger charge is 2.31. The Morgan fingerprint density at radius 1 is 0.800 bits per heavy atom. The molecule has 0 heterocycles. The van der Waals surface area contributed by atoms with Gasteiger partial charge in [-0.05, 0) is 30.3 Å². The van der Waals surface area contributed by atoms with E-state index in [0.717, 1.165) is 36.0 Å². The normalized spacial score (nSPS) is 11.3. The number of imide groups is 1. The number of nitrogens with one attached hydrogen (secondary N) is 2. The quantitative estimate of drug-likeness (QED) is 0.324. The molecule has 3 rings (SSSR count). The lowest BCUT2D eigenvalue weighted by Gasteiger charge is -2.13. The van der Waals surface area contributed by atoms with Crippen molar-refractivity contribution in [2.24, 2.45) is 0 Å². The third kappa shape index (κ3) is 6.38. The van der Waals surface area contributed by atoms with E-state index in [-0.39, 0.29) is 32.0 Å². The molecule has 184 valence electrons. The summed E-state index contributed by atoms with van der Waals surface area (Å²) in [6.45, 7) is 0. The average Bonchev–Trinajstić information content (AvgIpc) is 2.71. The number of carbonyl (C=O) groups excluding carboxylic acids is 2. The molecule has 0 spiro atoms. The number of urea groups is 1. The van der Waals surface area contributed by atoms with Gasteiger partial charge in [-0.25, -0.2) is 22.4 Å². The molecule has 0 radical (unpaired) electrons. The molecule has 0 aliphatic heterocycles. The second-order valence-electron chi connectivity index (χ2n) is 6.66. The van der Waals surface area contributed by atoms with Crippen molar-refractivity contribution in [3.63, 3.8) is 0 Å². The predicted molar refractivity (Wildman–Crippen MR) is 115 cm³/mol. The van der Waals surface area contributed by atoms with Crippen molar-refractivity contribution in [3.8, 4) is 0 Å². The summed E-state index contributed by atoms with van der Waals surface area (Å²) in [5.41, 5.74) is -2.76. The Hall–Kier alpha value is -2.96. The maximum absolute atomic E-state index is 14.5. The highest BCUT2D eigenvalue weighted by Crippen LogP contribution is 2.41. The fourth-order valence-corrected chi connectivity index (χ4v) is 4.08. The summed E-state index contributed by atoms with van der Waals surface area (Å²) in [5.74, 6) is -7.04. The van der Waals surface area contributed by atoms with Gasteiger partial charge in [0.05, 0.1) is 21.3 Å². The molecule has 0 saturated carbocycles. The van der Waals surface area contributed by atoms with Crippen LogP contribution in [-0.4, -0.2) is 11.9 Å². The number of halogens is 9. The van der Waals surface area contributed by atoms with E-state index >= 15 is 0 Å². The van der Waals surface area contributed by atoms with Gasteiger partial charge in [0.2, 0.25) is 0 Å². The molecule has 0 atom stereocenters. The van der Waals surface area contributed by atoms with E-state index in [0.29, 0.717) is 6.07 Å². The minimum Gasteiger partial charge on any atom is -0.305 e. The molecule has 3 aromatic rings. The van der Waals surface area contributed by atoms with Crippen molar-refractivity contribution < 1.29 is 40.3 Å². The fraction of sp³-hybridized carbons (Fsp3) is 0.0476. The number of carbonyl (C=O) groups is 2. The van der Waals surface area contributed by atoms with E-state index in [4.69, 9.17) is 23.2 Å². The Morgan fingerprint density at radius 3 is 1.97 bits per heavy atom. The van der Waals surface area contributed by atoms with Crippen LogP contribution in [0.3, 0.4) is 0 Å². The first-order chi connectivity index (χ1) is 16.3. The fourth-order valence-electron chi connectivity index (χ4n) is 2.66. The standard InChI is InChI=1S/C21H9Cl2F7N2O2S/c22-10-3-8(21(28,29)30)1-2-16(10)35-17-7-12(25)15(6-11(17)23)31-20(34)32-19(33)18-13(26)4-9(24)5-14(18)27/h1-7H,(H2,31,32,33,34). The lowest BCUT2D eigenvalue weighted by Crippen LogP contribution is -2.35. The smallest absolute Gasteiger partial charge is 0.305 e. The van der Waals surface area contributed by atoms with E-state index in [1.54, 1.807) is 5.32 Å². The summed E-state index contributed by atoms with van der Waals surface area (Å²) in [5, 5.41) is 3.06. The molecular weight excluding hydrogens is 548 g/mol. The molecule has 14 heteroatoms. The number of anilines is 1. The van der Waals surface area contributed by atoms with Crippen LogP contribution in [0.2, 0.25) is 10.0 Å². The van der Waals surface area contributed by atoms with Crippen LogP contribution in [0.15, 0.2) is 52.3 Å². The van der Waals surface area contributed by atoms with Crippen molar-refractivity contribution in [3.05, 3.63) is 86.9 Å². The van der Waals surface area contributed by atoms with Gasteiger partial charge in [-0.3, -0.25) is 10.1 Å². The van der Waals surface area contributed by atoms with Gasteiger partial charge >= 0.3 is 12.2 Å². The molecule has 0 aliphatic carbocycles. The molecule has 2 N–H and O–H groups in total. The lowest BCUT2D eigenvalue weighted by molar-refractivity contribution is -0.137. The maximum atomic E-state index is 14.5. The van der Waals surface area contributed by atoms with Crippen LogP contribution in [0.25, 0.3) is 0 Å². The zero-order valence-electron chi connectivity index (χ0n) is 16.7. The van der Waals surface area contributed by atoms with Gasteiger partial charge < -0.3 is 5.32 Å². The summed E-state index contributed by atoms with van der Waals surface area (Å²) in [6.07, 6.45) is -4.61. The van der Waals surface area contributed by atoms with E-state index in [1.165, 1.54) is 0 Å². The van der Waals surface area contributed by atoms with E-state index in [9.17, 15) is 40.3 Å². The Bertz CT molecular complexity index is 1310. The molecule has 0 saturated heterocycles. The van der Waals surface area contributed by atoms with Crippen molar-refractivity contribution >= 4 is 52.6 Å². The van der Waals surface area contributed by atoms with Crippen molar-refractivity contribution in [2.75, 3.05) is 5.32 Å². The van der Waals surface area contributed by atoms with Crippen LogP contribution in [0, 0.1) is 23.3 Å². The molecule has 4 nitrogen and oxygen atoms in total. The van der Waals surface area contributed by atoms with Crippen LogP contribution in [0.4, 0.5) is 41.2 Å². The van der Waals surface area contributed by atoms with Crippen molar-refractivity contribution in [1.82, 2.24) is 5.32 Å². The molecule has 35 heavy (non-hydrogen) atoms. The van der Waals surface area contributed by atoms with Crippen LogP contribution < -0.4 is 10.6 Å². The van der Waals surface area contributed by atoms with E-state index in [1.807, 2.05) is 5.32 Å². The molecule has 3 aromatic carbocycles. The zero-order valence-corrected chi connectivity index (χ0v) is 19.0. The van der Waals surface area contributed by atoms with Crippen LogP contribution in [0.1, 0.15) is 15.9 Å². The second kappa shape index (κ2) is 10.3. The Labute approximate surface area is 206 Å². The molecule has 0 fully saturated rings. The molecule has 0 aromatic heterocycles. The SMILES string of the molecule is O=C(NC(=O)c1c(F)cc(F)cc1F)Nc1cc(Cl)c(Sc2ccc(C(F)(F)F)cc2Cl)cc1F. The van der Waals surface area contributed by atoms with E-state index in [2.05, 4.69) is 0 Å². The first-order valence-electron chi connectivity index (χ1n) is 9.06. The van der Waals surface area contributed by atoms with Crippen LogP contribution in [-0.2, 0) is 6.18 Å². The van der Waals surface area contributed by atoms with Crippen LogP contribution >= 0.6 is 35.0 Å². The van der Waals surface area contributed by atoms with Gasteiger partial charge in [0, 0.05) is 21.9 Å². The van der Waals surface area contributed by atoms with Crippen molar-refractivity contribution in [1.29, 1.82) is 0 Å². The first-order valence-corrected chi connectivity index (χ1v) is 10.6. The van der Waals surface area contributed by atoms with Gasteiger partial charge in [0.15, 0.2) is 0 Å². The summed E-state index contributed by atoms with van der Waals surface area (Å²) >= 11 is 12.7. The van der Waals surface area contributed by atoms with Crippen molar-refractivity contribution in [2.45, 2.75) is 16.0 Å². The first kappa shape index (κ1) is 26.6. The number of rotatable bonds is 4. The average molecular weight is 557 g/mol. The third-order valence-corrected chi connectivity index (χ3v) is 6.19. The van der Waals surface area contributed by atoms with E-state index < -0.39 is 58.2 Å². The molecular formula is C21H9Cl2F7N2O2S. The Morgan fingerprint density at radius 2 is 1.40 bits per heavy atom. The summed E-state index contributed by atoms with van der Waals surface area (Å²) < 4.78 is 93.1. The summed E-state index contributed by atoms with van der Waals surface area (Å²) in [4.78, 5) is 24.1. The molecule has 0 bridgehead atoms. The molecule has 3 amide bonds. The number of alkyl halides is 3. The second-order valence-corrected chi connectivity index (χ2v) is 8.56. The zero-order chi connectivity index (χ0) is 26.1. The van der Waals surface area contributed by atoms with Gasteiger partial charge in [0.25, 0.3) is 5.91 Å². The monoisotopic (exact) mass is 556 g/mol. The summed E-state index contributed by atoms with van der Waals surface area (Å²) in [6, 6.07) is 3.39. The minimum absolute atomic E-state index is 0.0308. The van der Waals surface area contributed by atoms with Gasteiger partial charge in [-0.2, -0.15) is 13.2 Å². The number of benzene rings is 3. The highest BCUT2D eigenvalue weighted by atomic mass is 35.5. The van der Waals surface area contributed by atoms with Gasteiger partial charge in [0.1, 0.15) is 28.8 Å². The van der Waals surface area contributed by atoms with Gasteiger partial charge in [-0.15, -0.1) is 0 Å². The topological polar surface area (TPSA) is 58.2 Å². The van der Waals surface area contributed by atoms with Gasteiger partial charge in [-0.1, -0.05) is 35.0 Å². The Kier molecular flexibility index (Phi) is 7.87. The molecule has 0 unspecified atom stereocenters. The number of hydrogen-bond acceptors (Lipinski definition) is 3. The number of amides is 3. The largest absolute Gasteiger partial charge is 0.416 e. The highest BCUT2D eigenvalue weighted by molar-refractivity contribution is 7.99. The third-order valence-electron chi connectivity index (χ3n) is 4.21. The van der Waals surface area contributed by atoms with Crippen LogP contribution in [0.5, 0.6) is 0 Å². The lowest BCUT2D eigenvalue weighted by atomic mass is 10.2. The predicted octanol–water partition coefficient (Wildman–Crippen LogP) is 7.68. The minimum atomic E-state index is -4.61. The molecule has 0 aliphatic rings.